The second kappa shape index (κ2) is 16.0. The average molecular weight is 807 g/mol. The highest BCUT2D eigenvalue weighted by atomic mass is 32.2. The van der Waals surface area contributed by atoms with Gasteiger partial charge in [-0.2, -0.15) is 0 Å². The van der Waals surface area contributed by atoms with Crippen molar-refractivity contribution in [3.05, 3.63) is 201 Å². The minimum absolute atomic E-state index is 0.0489. The van der Waals surface area contributed by atoms with Crippen molar-refractivity contribution in [2.24, 2.45) is 0 Å². The number of rotatable bonds is 3. The second-order valence-electron chi connectivity index (χ2n) is 19.2. The smallest absolute Gasteiger partial charge is 0.0242 e. The summed E-state index contributed by atoms with van der Waals surface area (Å²) in [6, 6.07) is 47.2. The quantitative estimate of drug-likeness (QED) is 0.175. The molecule has 1 atom stereocenters. The lowest BCUT2D eigenvalue weighted by Gasteiger charge is -2.39. The zero-order chi connectivity index (χ0) is 41.7. The fraction of sp³-hybridized carbons (Fsp3) is 0.263. The van der Waals surface area contributed by atoms with Crippen molar-refractivity contribution in [1.29, 1.82) is 0 Å². The maximum atomic E-state index is 2.48. The van der Waals surface area contributed by atoms with Crippen molar-refractivity contribution in [2.45, 2.75) is 113 Å². The third-order valence-electron chi connectivity index (χ3n) is 12.2. The van der Waals surface area contributed by atoms with E-state index in [0.29, 0.717) is 5.92 Å². The standard InChI is InChI=1S/C30H36S.C27H22S/c1-19-15-21(28(2,3)4)17-24-26(19)31-27-23(20-13-11-10-12-14-20)16-22(29(5,6)7)18-25(27)30(24,8)9;1-19-7-9-22(10-8-19)23-14-16-27-26(18-23)24-12-11-21(13-15-25(17-24)28-27)20-5-3-2-4-6-20/h10-18H,1-9H3;2-11,13-18,24H,12H2,1H3/b;15-13-,21-11+. The van der Waals surface area contributed by atoms with Gasteiger partial charge in [0, 0.05) is 30.9 Å². The van der Waals surface area contributed by atoms with Crippen LogP contribution in [-0.4, -0.2) is 0 Å². The van der Waals surface area contributed by atoms with Crippen LogP contribution in [0.3, 0.4) is 0 Å². The first-order chi connectivity index (χ1) is 28.1. The van der Waals surface area contributed by atoms with E-state index < -0.39 is 0 Å². The molecular weight excluding hydrogens is 749 g/mol. The van der Waals surface area contributed by atoms with Crippen LogP contribution >= 0.6 is 23.5 Å². The summed E-state index contributed by atoms with van der Waals surface area (Å²) in [7, 11) is 0. The first-order valence-corrected chi connectivity index (χ1v) is 22.8. The molecule has 1 unspecified atom stereocenters. The highest BCUT2D eigenvalue weighted by molar-refractivity contribution is 8.03. The number of allylic oxidation sites excluding steroid dienone is 5. The summed E-state index contributed by atoms with van der Waals surface area (Å²) < 4.78 is 0. The molecule has 2 bridgehead atoms. The van der Waals surface area contributed by atoms with E-state index in [2.05, 4.69) is 221 Å². The molecule has 2 heteroatoms. The number of hydrogen-bond donors (Lipinski definition) is 0. The van der Waals surface area contributed by atoms with Crippen molar-refractivity contribution in [3.63, 3.8) is 0 Å². The normalized spacial score (nSPS) is 18.0. The molecule has 0 N–H and O–H groups in total. The van der Waals surface area contributed by atoms with Gasteiger partial charge in [-0.1, -0.05) is 212 Å². The van der Waals surface area contributed by atoms with Gasteiger partial charge in [-0.3, -0.25) is 0 Å². The molecule has 2 aliphatic heterocycles. The van der Waals surface area contributed by atoms with Crippen LogP contribution < -0.4 is 0 Å². The molecule has 0 fully saturated rings. The Hall–Kier alpha value is -4.76. The number of aryl methyl sites for hydroxylation is 2. The molecule has 6 aromatic carbocycles. The van der Waals surface area contributed by atoms with E-state index in [9.17, 15) is 0 Å². The summed E-state index contributed by atoms with van der Waals surface area (Å²) in [6.45, 7) is 23.2. The number of fused-ring (bicyclic) bond motifs is 5. The van der Waals surface area contributed by atoms with Gasteiger partial charge >= 0.3 is 0 Å². The molecule has 0 amide bonds. The lowest BCUT2D eigenvalue weighted by molar-refractivity contribution is 0.563. The van der Waals surface area contributed by atoms with Gasteiger partial charge in [0.25, 0.3) is 0 Å². The van der Waals surface area contributed by atoms with E-state index in [0.717, 1.165) is 6.42 Å². The van der Waals surface area contributed by atoms with Crippen LogP contribution in [0.2, 0.25) is 0 Å². The summed E-state index contributed by atoms with van der Waals surface area (Å²) in [4.78, 5) is 5.59. The molecule has 0 saturated heterocycles. The molecule has 1 aliphatic carbocycles. The third-order valence-corrected chi connectivity index (χ3v) is 14.7. The monoisotopic (exact) mass is 806 g/mol. The summed E-state index contributed by atoms with van der Waals surface area (Å²) >= 11 is 3.86. The van der Waals surface area contributed by atoms with E-state index in [1.807, 2.05) is 23.5 Å². The minimum Gasteiger partial charge on any atom is -0.0901 e. The predicted octanol–water partition coefficient (Wildman–Crippen LogP) is 16.8. The van der Waals surface area contributed by atoms with Crippen molar-refractivity contribution in [3.8, 4) is 22.3 Å². The van der Waals surface area contributed by atoms with E-state index >= 15 is 0 Å². The summed E-state index contributed by atoms with van der Waals surface area (Å²) in [5.74, 6) is 0.431. The second-order valence-corrected chi connectivity index (χ2v) is 21.3. The first kappa shape index (κ1) is 41.0. The topological polar surface area (TPSA) is 0 Å². The average Bonchev–Trinajstić information content (AvgIpc) is 3.20. The Morgan fingerprint density at radius 1 is 0.559 bits per heavy atom. The van der Waals surface area contributed by atoms with Crippen LogP contribution in [0.4, 0.5) is 0 Å². The molecule has 6 aromatic rings. The van der Waals surface area contributed by atoms with Crippen molar-refractivity contribution < 1.29 is 0 Å². The third kappa shape index (κ3) is 8.50. The maximum Gasteiger partial charge on any atom is 0.0242 e. The van der Waals surface area contributed by atoms with Crippen LogP contribution in [0.1, 0.15) is 112 Å². The molecule has 9 rings (SSSR count). The summed E-state index contributed by atoms with van der Waals surface area (Å²) in [6.07, 6.45) is 10.4. The molecule has 298 valence electrons. The lowest BCUT2D eigenvalue weighted by Crippen LogP contribution is -2.27. The minimum atomic E-state index is -0.0489. The molecular formula is C57H58S2. The van der Waals surface area contributed by atoms with Crippen LogP contribution in [0, 0.1) is 13.8 Å². The lowest BCUT2D eigenvalue weighted by atomic mass is 9.72. The van der Waals surface area contributed by atoms with Crippen LogP contribution in [0.5, 0.6) is 0 Å². The fourth-order valence-corrected chi connectivity index (χ4v) is 11.1. The molecule has 3 aliphatic rings. The molecule has 0 aromatic heterocycles. The van der Waals surface area contributed by atoms with Crippen LogP contribution in [0.25, 0.3) is 27.8 Å². The Morgan fingerprint density at radius 2 is 1.15 bits per heavy atom. The van der Waals surface area contributed by atoms with Gasteiger partial charge in [0.15, 0.2) is 0 Å². The van der Waals surface area contributed by atoms with Gasteiger partial charge in [-0.05, 0) is 122 Å². The molecule has 0 saturated carbocycles. The maximum absolute atomic E-state index is 2.48. The Morgan fingerprint density at radius 3 is 1.80 bits per heavy atom. The summed E-state index contributed by atoms with van der Waals surface area (Å²) in [5, 5.41) is 0. The molecule has 59 heavy (non-hydrogen) atoms. The Labute approximate surface area is 363 Å². The van der Waals surface area contributed by atoms with Gasteiger partial charge in [0.05, 0.1) is 0 Å². The Bertz CT molecular complexity index is 2600. The van der Waals surface area contributed by atoms with E-state index in [1.165, 1.54) is 91.9 Å². The SMILES string of the molecule is Cc1cc(C(C)(C)C)cc2c1Sc1c(-c3ccccc3)cc(C(C)(C)C)cc1C2(C)C.Cc1ccc(-c2ccc3c(c2)C2C=C(/C=C\C(c4ccccc4)=C/C2)S3)cc1. The number of thioether (sulfide) groups is 1. The van der Waals surface area contributed by atoms with Crippen molar-refractivity contribution in [2.75, 3.05) is 0 Å². The Kier molecular flexibility index (Phi) is 11.1. The van der Waals surface area contributed by atoms with Gasteiger partial charge in [-0.15, -0.1) is 0 Å². The number of hydrogen-bond acceptors (Lipinski definition) is 2. The van der Waals surface area contributed by atoms with E-state index in [1.54, 1.807) is 0 Å². The largest absolute Gasteiger partial charge is 0.0901 e. The molecule has 0 radical (unpaired) electrons. The van der Waals surface area contributed by atoms with Crippen LogP contribution in [0.15, 0.2) is 171 Å². The molecule has 0 spiro atoms. The van der Waals surface area contributed by atoms with E-state index in [4.69, 9.17) is 0 Å². The van der Waals surface area contributed by atoms with E-state index in [-0.39, 0.29) is 16.2 Å². The molecule has 0 nitrogen and oxygen atoms in total. The predicted molar refractivity (Wildman–Crippen MR) is 258 cm³/mol. The number of benzene rings is 6. The first-order valence-electron chi connectivity index (χ1n) is 21.2. The zero-order valence-electron chi connectivity index (χ0n) is 36.5. The van der Waals surface area contributed by atoms with Crippen molar-refractivity contribution in [1.82, 2.24) is 0 Å². The zero-order valence-corrected chi connectivity index (χ0v) is 38.2. The van der Waals surface area contributed by atoms with Gasteiger partial charge in [0.2, 0.25) is 0 Å². The Balaban J connectivity index is 0.000000165. The van der Waals surface area contributed by atoms with Crippen LogP contribution in [-0.2, 0) is 16.2 Å². The highest BCUT2D eigenvalue weighted by Gasteiger charge is 2.37. The van der Waals surface area contributed by atoms with Gasteiger partial charge in [0.1, 0.15) is 0 Å². The summed E-state index contributed by atoms with van der Waals surface area (Å²) in [5.41, 5.74) is 18.0. The highest BCUT2D eigenvalue weighted by Crippen LogP contribution is 2.55. The van der Waals surface area contributed by atoms with Gasteiger partial charge < -0.3 is 0 Å². The van der Waals surface area contributed by atoms with Gasteiger partial charge in [-0.25, -0.2) is 0 Å². The molecule has 2 heterocycles. The fourth-order valence-electron chi connectivity index (χ4n) is 8.45. The van der Waals surface area contributed by atoms with Crippen molar-refractivity contribution >= 4 is 29.1 Å².